The molecule has 0 N–H and O–H groups in total. The third kappa shape index (κ3) is 4.63. The Morgan fingerprint density at radius 1 is 1.26 bits per heavy atom. The zero-order valence-corrected chi connectivity index (χ0v) is 16.5. The zero-order chi connectivity index (χ0) is 19.2. The van der Waals surface area contributed by atoms with Crippen LogP contribution in [0.5, 0.6) is 0 Å². The Morgan fingerprint density at radius 2 is 2.04 bits per heavy atom. The molecule has 2 aromatic rings. The normalized spacial score (nSPS) is 15.5. The van der Waals surface area contributed by atoms with Gasteiger partial charge in [0.05, 0.1) is 12.2 Å². The number of hydrogen-bond donors (Lipinski definition) is 0. The Kier molecular flexibility index (Phi) is 6.40. The molecule has 1 aromatic heterocycles. The third-order valence-corrected chi connectivity index (χ3v) is 5.34. The molecule has 1 atom stereocenters. The van der Waals surface area contributed by atoms with Crippen molar-refractivity contribution in [1.82, 2.24) is 24.6 Å². The van der Waals surface area contributed by atoms with Gasteiger partial charge in [-0.05, 0) is 64.3 Å². The van der Waals surface area contributed by atoms with Crippen LogP contribution >= 0.6 is 0 Å². The standard InChI is InChI=1S/C21H29N5O/c1-4-25(19-8-6-5-7-9-19)21(27)14-24(3)17(2)18-10-12-20(13-11-18)26-16-22-15-23-26/h8,10-13,15-17H,4-7,9,14H2,1-3H3. The van der Waals surface area contributed by atoms with E-state index in [2.05, 4.69) is 47.0 Å². The van der Waals surface area contributed by atoms with Crippen molar-refractivity contribution in [2.75, 3.05) is 20.1 Å². The molecule has 6 nitrogen and oxygen atoms in total. The lowest BCUT2D eigenvalue weighted by Gasteiger charge is -2.30. The van der Waals surface area contributed by atoms with Gasteiger partial charge in [-0.3, -0.25) is 9.69 Å². The first-order valence-electron chi connectivity index (χ1n) is 9.74. The van der Waals surface area contributed by atoms with Crippen LogP contribution in [0.25, 0.3) is 5.69 Å². The second-order valence-corrected chi connectivity index (χ2v) is 7.10. The minimum Gasteiger partial charge on any atom is -0.316 e. The van der Waals surface area contributed by atoms with E-state index >= 15 is 0 Å². The lowest BCUT2D eigenvalue weighted by molar-refractivity contribution is -0.130. The topological polar surface area (TPSA) is 54.3 Å². The molecule has 0 spiro atoms. The molecule has 1 aliphatic rings. The van der Waals surface area contributed by atoms with Crippen LogP contribution in [0, 0.1) is 0 Å². The quantitative estimate of drug-likeness (QED) is 0.751. The minimum atomic E-state index is 0.151. The van der Waals surface area contributed by atoms with Gasteiger partial charge in [0.1, 0.15) is 12.7 Å². The van der Waals surface area contributed by atoms with E-state index in [4.69, 9.17) is 0 Å². The van der Waals surface area contributed by atoms with Gasteiger partial charge in [-0.15, -0.1) is 0 Å². The number of carbonyl (C=O) groups is 1. The first-order chi connectivity index (χ1) is 13.1. The van der Waals surface area contributed by atoms with Crippen LogP contribution in [0.4, 0.5) is 0 Å². The van der Waals surface area contributed by atoms with E-state index in [1.807, 2.05) is 24.1 Å². The van der Waals surface area contributed by atoms with E-state index < -0.39 is 0 Å². The van der Waals surface area contributed by atoms with Gasteiger partial charge in [0.15, 0.2) is 0 Å². The monoisotopic (exact) mass is 367 g/mol. The highest BCUT2D eigenvalue weighted by Crippen LogP contribution is 2.23. The molecular weight excluding hydrogens is 338 g/mol. The van der Waals surface area contributed by atoms with Crippen molar-refractivity contribution < 1.29 is 4.79 Å². The van der Waals surface area contributed by atoms with Crippen molar-refractivity contribution in [3.63, 3.8) is 0 Å². The average Bonchev–Trinajstić information content (AvgIpc) is 3.24. The van der Waals surface area contributed by atoms with Gasteiger partial charge < -0.3 is 4.90 Å². The fourth-order valence-electron chi connectivity index (χ4n) is 3.54. The highest BCUT2D eigenvalue weighted by atomic mass is 16.2. The van der Waals surface area contributed by atoms with E-state index in [9.17, 15) is 4.79 Å². The number of hydrogen-bond acceptors (Lipinski definition) is 4. The van der Waals surface area contributed by atoms with Crippen molar-refractivity contribution >= 4 is 5.91 Å². The second-order valence-electron chi connectivity index (χ2n) is 7.10. The lowest BCUT2D eigenvalue weighted by Crippen LogP contribution is -2.39. The fourth-order valence-corrected chi connectivity index (χ4v) is 3.54. The number of amides is 1. The number of carbonyl (C=O) groups excluding carboxylic acids is 1. The molecule has 1 amide bonds. The molecule has 1 unspecified atom stereocenters. The fraction of sp³-hybridized carbons (Fsp3) is 0.476. The summed E-state index contributed by atoms with van der Waals surface area (Å²) < 4.78 is 1.73. The SMILES string of the molecule is CCN(C(=O)CN(C)C(C)c1ccc(-n2cncn2)cc1)C1=CCCCC1. The first-order valence-corrected chi connectivity index (χ1v) is 9.74. The van der Waals surface area contributed by atoms with Crippen LogP contribution in [-0.4, -0.2) is 50.6 Å². The second kappa shape index (κ2) is 8.95. The van der Waals surface area contributed by atoms with E-state index in [1.165, 1.54) is 30.4 Å². The first kappa shape index (κ1) is 19.3. The molecule has 0 bridgehead atoms. The predicted octanol–water partition coefficient (Wildman–Crippen LogP) is 3.57. The number of likely N-dealkylation sites (N-methyl/N-ethyl adjacent to an activating group) is 2. The highest BCUT2D eigenvalue weighted by molar-refractivity contribution is 5.80. The molecule has 0 aliphatic heterocycles. The Morgan fingerprint density at radius 3 is 2.63 bits per heavy atom. The summed E-state index contributed by atoms with van der Waals surface area (Å²) in [6.07, 6.45) is 9.96. The van der Waals surface area contributed by atoms with Crippen LogP contribution in [0.15, 0.2) is 48.7 Å². The van der Waals surface area contributed by atoms with Gasteiger partial charge in [0.25, 0.3) is 0 Å². The largest absolute Gasteiger partial charge is 0.316 e. The van der Waals surface area contributed by atoms with Crippen molar-refractivity contribution in [1.29, 1.82) is 0 Å². The number of benzene rings is 1. The lowest BCUT2D eigenvalue weighted by atomic mass is 10.0. The summed E-state index contributed by atoms with van der Waals surface area (Å²) in [5.41, 5.74) is 3.35. The number of nitrogens with zero attached hydrogens (tertiary/aromatic N) is 5. The molecule has 0 saturated carbocycles. The van der Waals surface area contributed by atoms with E-state index in [0.29, 0.717) is 6.54 Å². The van der Waals surface area contributed by atoms with Gasteiger partial charge in [0, 0.05) is 18.3 Å². The average molecular weight is 367 g/mol. The smallest absolute Gasteiger partial charge is 0.240 e. The predicted molar refractivity (Wildman–Crippen MR) is 106 cm³/mol. The maximum Gasteiger partial charge on any atom is 0.240 e. The van der Waals surface area contributed by atoms with E-state index in [-0.39, 0.29) is 11.9 Å². The van der Waals surface area contributed by atoms with Crippen LogP contribution < -0.4 is 0 Å². The maximum atomic E-state index is 12.9. The Bertz CT molecular complexity index is 766. The highest BCUT2D eigenvalue weighted by Gasteiger charge is 2.21. The summed E-state index contributed by atoms with van der Waals surface area (Å²) in [6.45, 7) is 5.34. The van der Waals surface area contributed by atoms with Crippen molar-refractivity contribution in [2.24, 2.45) is 0 Å². The van der Waals surface area contributed by atoms with Gasteiger partial charge in [0.2, 0.25) is 5.91 Å². The third-order valence-electron chi connectivity index (χ3n) is 5.34. The minimum absolute atomic E-state index is 0.151. The van der Waals surface area contributed by atoms with Crippen LogP contribution in [-0.2, 0) is 4.79 Å². The molecular formula is C21H29N5O. The summed E-state index contributed by atoms with van der Waals surface area (Å²) in [7, 11) is 2.01. The molecule has 1 aliphatic carbocycles. The van der Waals surface area contributed by atoms with Crippen LogP contribution in [0.2, 0.25) is 0 Å². The van der Waals surface area contributed by atoms with E-state index in [1.54, 1.807) is 11.0 Å². The molecule has 6 heteroatoms. The van der Waals surface area contributed by atoms with Gasteiger partial charge >= 0.3 is 0 Å². The summed E-state index contributed by atoms with van der Waals surface area (Å²) >= 11 is 0. The van der Waals surface area contributed by atoms with Gasteiger partial charge in [-0.1, -0.05) is 18.2 Å². The zero-order valence-electron chi connectivity index (χ0n) is 16.5. The molecule has 144 valence electrons. The summed E-state index contributed by atoms with van der Waals surface area (Å²) in [6, 6.07) is 8.38. The van der Waals surface area contributed by atoms with Gasteiger partial charge in [-0.2, -0.15) is 5.10 Å². The Labute approximate surface area is 161 Å². The Hall–Kier alpha value is -2.47. The molecule has 1 aromatic carbocycles. The van der Waals surface area contributed by atoms with Crippen molar-refractivity contribution in [2.45, 2.75) is 45.6 Å². The maximum absolute atomic E-state index is 12.9. The molecule has 27 heavy (non-hydrogen) atoms. The van der Waals surface area contributed by atoms with Crippen molar-refractivity contribution in [3.8, 4) is 5.69 Å². The Balaban J connectivity index is 1.63. The number of rotatable bonds is 7. The van der Waals surface area contributed by atoms with Crippen LogP contribution in [0.3, 0.4) is 0 Å². The number of aromatic nitrogens is 3. The van der Waals surface area contributed by atoms with Crippen LogP contribution in [0.1, 0.15) is 51.1 Å². The summed E-state index contributed by atoms with van der Waals surface area (Å²) in [4.78, 5) is 20.9. The molecule has 0 saturated heterocycles. The molecule has 0 radical (unpaired) electrons. The van der Waals surface area contributed by atoms with Gasteiger partial charge in [-0.25, -0.2) is 9.67 Å². The number of allylic oxidation sites excluding steroid dienone is 2. The van der Waals surface area contributed by atoms with Crippen molar-refractivity contribution in [3.05, 3.63) is 54.3 Å². The summed E-state index contributed by atoms with van der Waals surface area (Å²) in [5.74, 6) is 0.180. The molecule has 3 rings (SSSR count). The summed E-state index contributed by atoms with van der Waals surface area (Å²) in [5, 5.41) is 4.15. The molecule has 0 fully saturated rings. The van der Waals surface area contributed by atoms with E-state index in [0.717, 1.165) is 25.1 Å². The molecule has 1 heterocycles.